The van der Waals surface area contributed by atoms with Crippen LogP contribution in [0.1, 0.15) is 37.6 Å². The van der Waals surface area contributed by atoms with E-state index in [1.54, 1.807) is 0 Å². The minimum atomic E-state index is 0.135. The number of aromatic nitrogens is 2. The van der Waals surface area contributed by atoms with E-state index in [4.69, 9.17) is 22.9 Å². The minimum absolute atomic E-state index is 0.135. The van der Waals surface area contributed by atoms with Gasteiger partial charge in [-0.3, -0.25) is 0 Å². The molecule has 0 aliphatic heterocycles. The molecule has 24 heavy (non-hydrogen) atoms. The average Bonchev–Trinajstić information content (AvgIpc) is 2.83. The van der Waals surface area contributed by atoms with E-state index in [9.17, 15) is 0 Å². The van der Waals surface area contributed by atoms with Crippen LogP contribution in [0.4, 0.5) is 0 Å². The van der Waals surface area contributed by atoms with Crippen LogP contribution in [0.15, 0.2) is 42.6 Å². The van der Waals surface area contributed by atoms with Gasteiger partial charge in [0.1, 0.15) is 5.65 Å². The van der Waals surface area contributed by atoms with Gasteiger partial charge in [0.15, 0.2) is 0 Å². The van der Waals surface area contributed by atoms with Gasteiger partial charge in [0.05, 0.1) is 16.4 Å². The molecule has 3 aromatic rings. The van der Waals surface area contributed by atoms with Gasteiger partial charge in [-0.1, -0.05) is 57.3 Å². The molecule has 0 spiro atoms. The van der Waals surface area contributed by atoms with Gasteiger partial charge in [-0.15, -0.1) is 0 Å². The second kappa shape index (κ2) is 6.02. The van der Waals surface area contributed by atoms with Crippen LogP contribution in [0.2, 0.25) is 0 Å². The van der Waals surface area contributed by atoms with Gasteiger partial charge in [-0.05, 0) is 35.6 Å². The van der Waals surface area contributed by atoms with E-state index < -0.39 is 0 Å². The number of imidazole rings is 1. The summed E-state index contributed by atoms with van der Waals surface area (Å²) in [4.78, 5) is 5.31. The Morgan fingerprint density at radius 2 is 1.83 bits per heavy atom. The maximum absolute atomic E-state index is 5.82. The molecule has 1 aromatic carbocycles. The molecule has 3 nitrogen and oxygen atoms in total. The number of nitrogens with two attached hydrogens (primary N) is 1. The number of aryl methyl sites for hydroxylation is 1. The Morgan fingerprint density at radius 1 is 1.17 bits per heavy atom. The van der Waals surface area contributed by atoms with Crippen LogP contribution in [-0.4, -0.2) is 14.4 Å². The lowest BCUT2D eigenvalue weighted by molar-refractivity contribution is 0.590. The van der Waals surface area contributed by atoms with Crippen LogP contribution in [0, 0.1) is 6.92 Å². The van der Waals surface area contributed by atoms with Gasteiger partial charge < -0.3 is 10.1 Å². The highest BCUT2D eigenvalue weighted by atomic mass is 32.1. The SMILES string of the molecule is Cc1ccn2c(CC(N)=S)c(-c3ccc(C(C)(C)C)cc3)nc2c1. The molecule has 0 atom stereocenters. The van der Waals surface area contributed by atoms with Crippen LogP contribution in [0.25, 0.3) is 16.9 Å². The van der Waals surface area contributed by atoms with Crippen molar-refractivity contribution in [3.8, 4) is 11.3 Å². The maximum Gasteiger partial charge on any atom is 0.137 e. The fraction of sp³-hybridized carbons (Fsp3) is 0.300. The summed E-state index contributed by atoms with van der Waals surface area (Å²) in [5.74, 6) is 0. The van der Waals surface area contributed by atoms with Gasteiger partial charge in [-0.2, -0.15) is 0 Å². The van der Waals surface area contributed by atoms with Gasteiger partial charge in [0, 0.05) is 18.2 Å². The number of rotatable bonds is 3. The Labute approximate surface area is 148 Å². The zero-order chi connectivity index (χ0) is 17.5. The Bertz CT molecular complexity index is 899. The summed E-state index contributed by atoms with van der Waals surface area (Å²) in [7, 11) is 0. The summed E-state index contributed by atoms with van der Waals surface area (Å²) in [5.41, 5.74) is 12.5. The summed E-state index contributed by atoms with van der Waals surface area (Å²) in [6.45, 7) is 8.72. The topological polar surface area (TPSA) is 43.3 Å². The van der Waals surface area contributed by atoms with E-state index in [1.807, 2.05) is 6.20 Å². The zero-order valence-corrected chi connectivity index (χ0v) is 15.4. The minimum Gasteiger partial charge on any atom is -0.393 e. The molecule has 4 heteroatoms. The maximum atomic E-state index is 5.82. The number of hydrogen-bond donors (Lipinski definition) is 1. The van der Waals surface area contributed by atoms with Crippen LogP contribution >= 0.6 is 12.2 Å². The van der Waals surface area contributed by atoms with E-state index in [2.05, 4.69) is 68.5 Å². The average molecular weight is 337 g/mol. The standard InChI is InChI=1S/C20H23N3S/c1-13-9-10-23-16(12-17(21)24)19(22-18(23)11-13)14-5-7-15(8-6-14)20(2,3)4/h5-11H,12H2,1-4H3,(H2,21,24). The van der Waals surface area contributed by atoms with Gasteiger partial charge in [0.25, 0.3) is 0 Å². The van der Waals surface area contributed by atoms with Crippen LogP contribution in [0.3, 0.4) is 0 Å². The number of benzene rings is 1. The summed E-state index contributed by atoms with van der Waals surface area (Å²) in [6.07, 6.45) is 2.58. The molecular weight excluding hydrogens is 314 g/mol. The molecule has 0 bridgehead atoms. The number of nitrogens with zero attached hydrogens (tertiary/aromatic N) is 2. The first-order valence-electron chi connectivity index (χ1n) is 8.12. The molecule has 0 fully saturated rings. The van der Waals surface area contributed by atoms with Gasteiger partial charge >= 0.3 is 0 Å². The molecule has 0 radical (unpaired) electrons. The van der Waals surface area contributed by atoms with Crippen LogP contribution in [-0.2, 0) is 11.8 Å². The molecule has 2 N–H and O–H groups in total. The third-order valence-corrected chi connectivity index (χ3v) is 4.39. The predicted molar refractivity (Wildman–Crippen MR) is 105 cm³/mol. The van der Waals surface area contributed by atoms with E-state index in [0.717, 1.165) is 22.6 Å². The summed E-state index contributed by atoms with van der Waals surface area (Å²) in [6, 6.07) is 12.8. The second-order valence-electron chi connectivity index (χ2n) is 7.31. The first-order valence-corrected chi connectivity index (χ1v) is 8.53. The Hall–Kier alpha value is -2.20. The molecule has 2 aromatic heterocycles. The molecule has 0 aliphatic carbocycles. The zero-order valence-electron chi connectivity index (χ0n) is 14.6. The Balaban J connectivity index is 2.15. The summed E-state index contributed by atoms with van der Waals surface area (Å²) in [5, 5.41) is 0. The number of thiocarbonyl (C=S) groups is 1. The molecule has 2 heterocycles. The van der Waals surface area contributed by atoms with E-state index in [0.29, 0.717) is 11.4 Å². The summed E-state index contributed by atoms with van der Waals surface area (Å²) >= 11 is 5.15. The van der Waals surface area contributed by atoms with E-state index in [1.165, 1.54) is 11.1 Å². The van der Waals surface area contributed by atoms with Crippen molar-refractivity contribution in [3.63, 3.8) is 0 Å². The number of fused-ring (bicyclic) bond motifs is 1. The quantitative estimate of drug-likeness (QED) is 0.719. The fourth-order valence-corrected chi connectivity index (χ4v) is 3.03. The first kappa shape index (κ1) is 16.7. The number of hydrogen-bond acceptors (Lipinski definition) is 2. The van der Waals surface area contributed by atoms with Crippen molar-refractivity contribution in [2.45, 2.75) is 39.5 Å². The lowest BCUT2D eigenvalue weighted by Crippen LogP contribution is -2.13. The third kappa shape index (κ3) is 3.20. The molecule has 124 valence electrons. The highest BCUT2D eigenvalue weighted by Gasteiger charge is 2.17. The third-order valence-electron chi connectivity index (χ3n) is 4.25. The largest absolute Gasteiger partial charge is 0.393 e. The van der Waals surface area contributed by atoms with Crippen molar-refractivity contribution < 1.29 is 0 Å². The summed E-state index contributed by atoms with van der Waals surface area (Å²) < 4.78 is 2.08. The van der Waals surface area contributed by atoms with E-state index >= 15 is 0 Å². The molecule has 0 saturated heterocycles. The van der Waals surface area contributed by atoms with E-state index in [-0.39, 0.29) is 5.41 Å². The second-order valence-corrected chi connectivity index (χ2v) is 7.83. The number of pyridine rings is 1. The first-order chi connectivity index (χ1) is 11.3. The predicted octanol–water partition coefficient (Wildman–Crippen LogP) is 4.44. The van der Waals surface area contributed by atoms with Gasteiger partial charge in [0.2, 0.25) is 0 Å². The van der Waals surface area contributed by atoms with Crippen molar-refractivity contribution in [1.29, 1.82) is 0 Å². The molecule has 0 saturated carbocycles. The molecular formula is C20H23N3S. The lowest BCUT2D eigenvalue weighted by atomic mass is 9.86. The fourth-order valence-electron chi connectivity index (χ4n) is 2.89. The van der Waals surface area contributed by atoms with Gasteiger partial charge in [-0.25, -0.2) is 4.98 Å². The van der Waals surface area contributed by atoms with Crippen LogP contribution in [0.5, 0.6) is 0 Å². The molecule has 3 rings (SSSR count). The highest BCUT2D eigenvalue weighted by Crippen LogP contribution is 2.29. The normalized spacial score (nSPS) is 11.8. The van der Waals surface area contributed by atoms with Crippen molar-refractivity contribution in [2.75, 3.05) is 0 Å². The van der Waals surface area contributed by atoms with Crippen molar-refractivity contribution in [3.05, 3.63) is 59.4 Å². The van der Waals surface area contributed by atoms with Crippen molar-refractivity contribution >= 4 is 22.9 Å². The Morgan fingerprint density at radius 3 is 2.42 bits per heavy atom. The lowest BCUT2D eigenvalue weighted by Gasteiger charge is -2.19. The molecule has 0 aliphatic rings. The highest BCUT2D eigenvalue weighted by molar-refractivity contribution is 7.80. The molecule has 0 unspecified atom stereocenters. The van der Waals surface area contributed by atoms with Crippen molar-refractivity contribution in [1.82, 2.24) is 9.38 Å². The smallest absolute Gasteiger partial charge is 0.137 e. The Kier molecular flexibility index (Phi) is 4.18. The van der Waals surface area contributed by atoms with Crippen molar-refractivity contribution in [2.24, 2.45) is 5.73 Å². The van der Waals surface area contributed by atoms with Crippen LogP contribution < -0.4 is 5.73 Å². The molecule has 0 amide bonds. The monoisotopic (exact) mass is 337 g/mol.